The second kappa shape index (κ2) is 6.22. The van der Waals surface area contributed by atoms with E-state index in [9.17, 15) is 0 Å². The standard InChI is InChI=1S/C14H16ClN3O2.ClH/c1-9(19-11-6-3-2-5-10(11)15)12-17-13(18-20-12)14(16)7-4-8-14;/h2-3,5-6,9H,4,7-8,16H2,1H3;1H. The predicted molar refractivity (Wildman–Crippen MR) is 81.8 cm³/mol. The summed E-state index contributed by atoms with van der Waals surface area (Å²) in [5.74, 6) is 1.57. The van der Waals surface area contributed by atoms with Gasteiger partial charge in [0.25, 0.3) is 5.89 Å². The molecule has 0 radical (unpaired) electrons. The van der Waals surface area contributed by atoms with Crippen molar-refractivity contribution in [3.63, 3.8) is 0 Å². The van der Waals surface area contributed by atoms with Crippen LogP contribution >= 0.6 is 24.0 Å². The van der Waals surface area contributed by atoms with Gasteiger partial charge in [0.15, 0.2) is 11.9 Å². The van der Waals surface area contributed by atoms with E-state index in [0.29, 0.717) is 22.5 Å². The molecule has 1 aromatic carbocycles. The Balaban J connectivity index is 0.00000161. The van der Waals surface area contributed by atoms with Gasteiger partial charge in [0.1, 0.15) is 5.75 Å². The minimum Gasteiger partial charge on any atom is -0.479 e. The summed E-state index contributed by atoms with van der Waals surface area (Å²) >= 11 is 6.05. The summed E-state index contributed by atoms with van der Waals surface area (Å²) in [6, 6.07) is 7.27. The van der Waals surface area contributed by atoms with Crippen LogP contribution in [0.4, 0.5) is 0 Å². The summed E-state index contributed by atoms with van der Waals surface area (Å²) in [7, 11) is 0. The van der Waals surface area contributed by atoms with E-state index in [4.69, 9.17) is 26.6 Å². The van der Waals surface area contributed by atoms with E-state index in [1.54, 1.807) is 12.1 Å². The van der Waals surface area contributed by atoms with Gasteiger partial charge in [-0.25, -0.2) is 0 Å². The Hall–Kier alpha value is -1.30. The molecule has 1 aliphatic carbocycles. The highest BCUT2D eigenvalue weighted by molar-refractivity contribution is 6.32. The van der Waals surface area contributed by atoms with Crippen LogP contribution in [-0.4, -0.2) is 10.1 Å². The molecule has 0 aliphatic heterocycles. The third-order valence-corrected chi connectivity index (χ3v) is 3.93. The van der Waals surface area contributed by atoms with Crippen molar-refractivity contribution in [2.45, 2.75) is 37.8 Å². The smallest absolute Gasteiger partial charge is 0.267 e. The fourth-order valence-electron chi connectivity index (χ4n) is 2.17. The van der Waals surface area contributed by atoms with E-state index in [1.807, 2.05) is 19.1 Å². The van der Waals surface area contributed by atoms with Crippen molar-refractivity contribution in [1.29, 1.82) is 0 Å². The van der Waals surface area contributed by atoms with E-state index < -0.39 is 5.54 Å². The Labute approximate surface area is 134 Å². The van der Waals surface area contributed by atoms with Crippen LogP contribution in [0, 0.1) is 0 Å². The monoisotopic (exact) mass is 329 g/mol. The van der Waals surface area contributed by atoms with Gasteiger partial charge in [-0.2, -0.15) is 4.98 Å². The number of hydrogen-bond donors (Lipinski definition) is 1. The first-order valence-corrected chi connectivity index (χ1v) is 7.00. The number of ether oxygens (including phenoxy) is 1. The summed E-state index contributed by atoms with van der Waals surface area (Å²) in [5, 5.41) is 4.52. The molecule has 0 spiro atoms. The number of nitrogens with zero attached hydrogens (tertiary/aromatic N) is 2. The van der Waals surface area contributed by atoms with Gasteiger partial charge in [0.05, 0.1) is 10.6 Å². The van der Waals surface area contributed by atoms with Gasteiger partial charge in [-0.3, -0.25) is 0 Å². The molecular weight excluding hydrogens is 313 g/mol. The number of halogens is 2. The maximum atomic E-state index is 6.17. The predicted octanol–water partition coefficient (Wildman–Crippen LogP) is 3.62. The first-order chi connectivity index (χ1) is 9.58. The molecule has 1 unspecified atom stereocenters. The Bertz CT molecular complexity index is 614. The van der Waals surface area contributed by atoms with Crippen LogP contribution in [0.2, 0.25) is 5.02 Å². The molecule has 1 fully saturated rings. The van der Waals surface area contributed by atoms with E-state index >= 15 is 0 Å². The van der Waals surface area contributed by atoms with Crippen LogP contribution in [0.5, 0.6) is 5.75 Å². The Morgan fingerprint density at radius 2 is 2.10 bits per heavy atom. The highest BCUT2D eigenvalue weighted by Crippen LogP contribution is 2.37. The second-order valence-electron chi connectivity index (χ2n) is 5.16. The number of hydrogen-bond acceptors (Lipinski definition) is 5. The van der Waals surface area contributed by atoms with E-state index in [2.05, 4.69) is 10.1 Å². The lowest BCUT2D eigenvalue weighted by Crippen LogP contribution is -2.44. The molecule has 0 amide bonds. The summed E-state index contributed by atoms with van der Waals surface area (Å²) in [6.45, 7) is 1.84. The highest BCUT2D eigenvalue weighted by atomic mass is 35.5. The molecule has 1 saturated carbocycles. The van der Waals surface area contributed by atoms with Crippen molar-refractivity contribution in [1.82, 2.24) is 10.1 Å². The molecule has 1 heterocycles. The number of aromatic nitrogens is 2. The zero-order chi connectivity index (χ0) is 14.2. The molecule has 0 bridgehead atoms. The molecule has 1 aromatic heterocycles. The highest BCUT2D eigenvalue weighted by Gasteiger charge is 2.39. The van der Waals surface area contributed by atoms with Crippen LogP contribution in [0.1, 0.15) is 44.0 Å². The minimum absolute atomic E-state index is 0. The molecular formula is C14H17Cl2N3O2. The van der Waals surface area contributed by atoms with E-state index in [0.717, 1.165) is 19.3 Å². The molecule has 3 rings (SSSR count). The van der Waals surface area contributed by atoms with Crippen LogP contribution in [0.15, 0.2) is 28.8 Å². The average molecular weight is 330 g/mol. The second-order valence-corrected chi connectivity index (χ2v) is 5.56. The van der Waals surface area contributed by atoms with Gasteiger partial charge in [0, 0.05) is 0 Å². The maximum Gasteiger partial charge on any atom is 0.267 e. The normalized spacial score (nSPS) is 17.5. The topological polar surface area (TPSA) is 74.2 Å². The molecule has 114 valence electrons. The van der Waals surface area contributed by atoms with Crippen LogP contribution in [-0.2, 0) is 5.54 Å². The van der Waals surface area contributed by atoms with Crippen molar-refractivity contribution < 1.29 is 9.26 Å². The zero-order valence-corrected chi connectivity index (χ0v) is 13.2. The molecule has 0 saturated heterocycles. The van der Waals surface area contributed by atoms with Gasteiger partial charge in [-0.05, 0) is 38.3 Å². The summed E-state index contributed by atoms with van der Waals surface area (Å²) < 4.78 is 11.0. The van der Waals surface area contributed by atoms with Crippen LogP contribution in [0.3, 0.4) is 0 Å². The lowest BCUT2D eigenvalue weighted by atomic mass is 9.77. The van der Waals surface area contributed by atoms with Gasteiger partial charge in [-0.1, -0.05) is 28.9 Å². The Kier molecular flexibility index (Phi) is 4.76. The van der Waals surface area contributed by atoms with Crippen molar-refractivity contribution in [2.75, 3.05) is 0 Å². The molecule has 7 heteroatoms. The van der Waals surface area contributed by atoms with Crippen molar-refractivity contribution in [3.05, 3.63) is 41.0 Å². The minimum atomic E-state index is -0.425. The van der Waals surface area contributed by atoms with E-state index in [-0.39, 0.29) is 18.5 Å². The van der Waals surface area contributed by atoms with E-state index in [1.165, 1.54) is 0 Å². The van der Waals surface area contributed by atoms with Gasteiger partial charge in [0.2, 0.25) is 0 Å². The van der Waals surface area contributed by atoms with Crippen LogP contribution < -0.4 is 10.5 Å². The summed E-state index contributed by atoms with van der Waals surface area (Å²) in [6.07, 6.45) is 2.52. The largest absolute Gasteiger partial charge is 0.479 e. The molecule has 5 nitrogen and oxygen atoms in total. The summed E-state index contributed by atoms with van der Waals surface area (Å²) in [5.41, 5.74) is 5.74. The average Bonchev–Trinajstić information content (AvgIpc) is 2.88. The number of rotatable bonds is 4. The lowest BCUT2D eigenvalue weighted by Gasteiger charge is -2.34. The van der Waals surface area contributed by atoms with Crippen LogP contribution in [0.25, 0.3) is 0 Å². The molecule has 2 aromatic rings. The number of para-hydroxylation sites is 1. The van der Waals surface area contributed by atoms with Gasteiger partial charge >= 0.3 is 0 Å². The van der Waals surface area contributed by atoms with Crippen molar-refractivity contribution in [2.24, 2.45) is 5.73 Å². The Morgan fingerprint density at radius 1 is 1.38 bits per heavy atom. The number of benzene rings is 1. The third kappa shape index (κ3) is 3.15. The Morgan fingerprint density at radius 3 is 2.71 bits per heavy atom. The quantitative estimate of drug-likeness (QED) is 0.927. The molecule has 2 N–H and O–H groups in total. The fraction of sp³-hybridized carbons (Fsp3) is 0.429. The first kappa shape index (κ1) is 16.1. The first-order valence-electron chi connectivity index (χ1n) is 6.63. The lowest BCUT2D eigenvalue weighted by molar-refractivity contribution is 0.174. The van der Waals surface area contributed by atoms with Crippen molar-refractivity contribution >= 4 is 24.0 Å². The van der Waals surface area contributed by atoms with Crippen molar-refractivity contribution in [3.8, 4) is 5.75 Å². The SMILES string of the molecule is CC(Oc1ccccc1Cl)c1nc(C2(N)CCC2)no1.Cl. The van der Waals surface area contributed by atoms with Gasteiger partial charge in [-0.15, -0.1) is 12.4 Å². The molecule has 1 aliphatic rings. The maximum absolute atomic E-state index is 6.17. The fourth-order valence-corrected chi connectivity index (χ4v) is 2.35. The summed E-state index contributed by atoms with van der Waals surface area (Å²) in [4.78, 5) is 4.36. The molecule has 1 atom stereocenters. The molecule has 21 heavy (non-hydrogen) atoms. The third-order valence-electron chi connectivity index (χ3n) is 3.62. The number of nitrogens with two attached hydrogens (primary N) is 1. The van der Waals surface area contributed by atoms with Gasteiger partial charge < -0.3 is 15.0 Å². The zero-order valence-electron chi connectivity index (χ0n) is 11.6.